The number of anilines is 2. The molecule has 0 fully saturated rings. The monoisotopic (exact) mass is 306 g/mol. The summed E-state index contributed by atoms with van der Waals surface area (Å²) >= 11 is 9.45. The molecule has 0 atom stereocenters. The molecule has 0 amide bonds. The SMILES string of the molecule is CSc1ccc(Nc2nc3cccc(Cl)c3s2)cc1. The number of halogens is 1. The average molecular weight is 307 g/mol. The van der Waals surface area contributed by atoms with Crippen LogP contribution in [-0.4, -0.2) is 11.2 Å². The fourth-order valence-corrected chi connectivity index (χ4v) is 3.35. The van der Waals surface area contributed by atoms with Gasteiger partial charge in [-0.15, -0.1) is 11.8 Å². The van der Waals surface area contributed by atoms with Gasteiger partial charge in [-0.2, -0.15) is 0 Å². The smallest absolute Gasteiger partial charge is 0.188 e. The highest BCUT2D eigenvalue weighted by Gasteiger charge is 2.06. The van der Waals surface area contributed by atoms with E-state index in [1.165, 1.54) is 4.90 Å². The second kappa shape index (κ2) is 5.41. The lowest BCUT2D eigenvalue weighted by Crippen LogP contribution is -1.88. The highest BCUT2D eigenvalue weighted by atomic mass is 35.5. The number of benzene rings is 2. The van der Waals surface area contributed by atoms with Crippen LogP contribution in [0.3, 0.4) is 0 Å². The van der Waals surface area contributed by atoms with Crippen molar-refractivity contribution in [2.24, 2.45) is 0 Å². The topological polar surface area (TPSA) is 24.9 Å². The summed E-state index contributed by atoms with van der Waals surface area (Å²) in [5.74, 6) is 0. The van der Waals surface area contributed by atoms with Crippen molar-refractivity contribution in [3.8, 4) is 0 Å². The summed E-state index contributed by atoms with van der Waals surface area (Å²) in [6, 6.07) is 14.1. The highest BCUT2D eigenvalue weighted by molar-refractivity contribution is 7.98. The fraction of sp³-hybridized carbons (Fsp3) is 0.0714. The predicted molar refractivity (Wildman–Crippen MR) is 86.1 cm³/mol. The van der Waals surface area contributed by atoms with Gasteiger partial charge in [-0.1, -0.05) is 29.0 Å². The van der Waals surface area contributed by atoms with E-state index in [0.29, 0.717) is 0 Å². The minimum absolute atomic E-state index is 0.751. The van der Waals surface area contributed by atoms with Crippen LogP contribution in [0.2, 0.25) is 5.02 Å². The van der Waals surface area contributed by atoms with E-state index >= 15 is 0 Å². The molecule has 0 aliphatic heterocycles. The van der Waals surface area contributed by atoms with Crippen molar-refractivity contribution >= 4 is 55.7 Å². The Balaban J connectivity index is 1.90. The number of nitrogens with one attached hydrogen (secondary N) is 1. The Hall–Kier alpha value is -1.23. The van der Waals surface area contributed by atoms with E-state index in [4.69, 9.17) is 11.6 Å². The van der Waals surface area contributed by atoms with Gasteiger partial charge >= 0.3 is 0 Å². The molecule has 1 N–H and O–H groups in total. The normalized spacial score (nSPS) is 10.8. The molecule has 3 rings (SSSR count). The molecule has 2 nitrogen and oxygen atoms in total. The molecule has 0 spiro atoms. The summed E-state index contributed by atoms with van der Waals surface area (Å²) in [6.45, 7) is 0. The van der Waals surface area contributed by atoms with Crippen molar-refractivity contribution in [3.63, 3.8) is 0 Å². The van der Waals surface area contributed by atoms with Crippen molar-refractivity contribution in [2.45, 2.75) is 4.90 Å². The third-order valence-corrected chi connectivity index (χ3v) is 4.90. The highest BCUT2D eigenvalue weighted by Crippen LogP contribution is 2.33. The lowest BCUT2D eigenvalue weighted by molar-refractivity contribution is 1.41. The van der Waals surface area contributed by atoms with Crippen LogP contribution in [-0.2, 0) is 0 Å². The van der Waals surface area contributed by atoms with Gasteiger partial charge in [0.2, 0.25) is 0 Å². The maximum Gasteiger partial charge on any atom is 0.188 e. The van der Waals surface area contributed by atoms with E-state index in [1.54, 1.807) is 23.1 Å². The molecule has 0 radical (unpaired) electrons. The van der Waals surface area contributed by atoms with Gasteiger partial charge in [0.1, 0.15) is 0 Å². The standard InChI is InChI=1S/C14H11ClN2S2/c1-18-10-7-5-9(6-8-10)16-14-17-12-4-2-3-11(15)13(12)19-14/h2-8H,1H3,(H,16,17). The number of fused-ring (bicyclic) bond motifs is 1. The maximum atomic E-state index is 6.15. The molecule has 0 saturated carbocycles. The summed E-state index contributed by atoms with van der Waals surface area (Å²) in [5, 5.41) is 4.92. The molecule has 2 aromatic carbocycles. The summed E-state index contributed by atoms with van der Waals surface area (Å²) in [7, 11) is 0. The second-order valence-electron chi connectivity index (χ2n) is 3.96. The van der Waals surface area contributed by atoms with E-state index in [9.17, 15) is 0 Å². The Bertz CT molecular complexity index is 707. The molecule has 1 aromatic heterocycles. The Kier molecular flexibility index (Phi) is 3.64. The summed E-state index contributed by atoms with van der Waals surface area (Å²) in [4.78, 5) is 5.78. The molecule has 0 bridgehead atoms. The minimum atomic E-state index is 0.751. The van der Waals surface area contributed by atoms with E-state index < -0.39 is 0 Å². The van der Waals surface area contributed by atoms with Crippen LogP contribution in [0.1, 0.15) is 0 Å². The van der Waals surface area contributed by atoms with Crippen molar-refractivity contribution < 1.29 is 0 Å². The Morgan fingerprint density at radius 3 is 2.63 bits per heavy atom. The van der Waals surface area contributed by atoms with E-state index in [1.807, 2.05) is 18.2 Å². The van der Waals surface area contributed by atoms with Crippen molar-refractivity contribution in [3.05, 3.63) is 47.5 Å². The molecular weight excluding hydrogens is 296 g/mol. The van der Waals surface area contributed by atoms with Crippen LogP contribution in [0.25, 0.3) is 10.2 Å². The van der Waals surface area contributed by atoms with Crippen molar-refractivity contribution in [2.75, 3.05) is 11.6 Å². The molecule has 0 aliphatic rings. The largest absolute Gasteiger partial charge is 0.332 e. The summed E-state index contributed by atoms with van der Waals surface area (Å²) in [5.41, 5.74) is 1.97. The summed E-state index contributed by atoms with van der Waals surface area (Å²) < 4.78 is 1.02. The van der Waals surface area contributed by atoms with E-state index in [2.05, 4.69) is 40.8 Å². The van der Waals surface area contributed by atoms with Crippen LogP contribution in [0.4, 0.5) is 10.8 Å². The van der Waals surface area contributed by atoms with Crippen molar-refractivity contribution in [1.29, 1.82) is 0 Å². The summed E-state index contributed by atoms with van der Waals surface area (Å²) in [6.07, 6.45) is 2.07. The van der Waals surface area contributed by atoms with Gasteiger partial charge in [0.25, 0.3) is 0 Å². The molecule has 5 heteroatoms. The van der Waals surface area contributed by atoms with Crippen LogP contribution in [0.15, 0.2) is 47.4 Å². The third kappa shape index (κ3) is 2.71. The first-order chi connectivity index (χ1) is 9.26. The molecule has 1 heterocycles. The van der Waals surface area contributed by atoms with Gasteiger partial charge in [-0.3, -0.25) is 0 Å². The zero-order chi connectivity index (χ0) is 13.2. The second-order valence-corrected chi connectivity index (χ2v) is 6.25. The third-order valence-electron chi connectivity index (χ3n) is 2.71. The fourth-order valence-electron chi connectivity index (χ4n) is 1.77. The molecule has 0 aliphatic carbocycles. The Labute approximate surface area is 124 Å². The van der Waals surface area contributed by atoms with Crippen LogP contribution in [0.5, 0.6) is 0 Å². The minimum Gasteiger partial charge on any atom is -0.332 e. The molecular formula is C14H11ClN2S2. The number of hydrogen-bond donors (Lipinski definition) is 1. The molecule has 0 unspecified atom stereocenters. The van der Waals surface area contributed by atoms with Crippen LogP contribution < -0.4 is 5.32 Å². The number of thioether (sulfide) groups is 1. The average Bonchev–Trinajstić information content (AvgIpc) is 2.84. The maximum absolute atomic E-state index is 6.15. The lowest BCUT2D eigenvalue weighted by atomic mass is 10.3. The van der Waals surface area contributed by atoms with Gasteiger partial charge in [-0.25, -0.2) is 4.98 Å². The van der Waals surface area contributed by atoms with Gasteiger partial charge in [-0.05, 0) is 42.7 Å². The van der Waals surface area contributed by atoms with E-state index in [0.717, 1.165) is 26.1 Å². The van der Waals surface area contributed by atoms with Gasteiger partial charge in [0, 0.05) is 10.6 Å². The molecule has 19 heavy (non-hydrogen) atoms. The Morgan fingerprint density at radius 2 is 1.95 bits per heavy atom. The number of nitrogens with zero attached hydrogens (tertiary/aromatic N) is 1. The van der Waals surface area contributed by atoms with E-state index in [-0.39, 0.29) is 0 Å². The van der Waals surface area contributed by atoms with Crippen molar-refractivity contribution in [1.82, 2.24) is 4.98 Å². The lowest BCUT2D eigenvalue weighted by Gasteiger charge is -2.02. The first-order valence-corrected chi connectivity index (χ1v) is 8.14. The zero-order valence-corrected chi connectivity index (χ0v) is 12.6. The zero-order valence-electron chi connectivity index (χ0n) is 10.2. The predicted octanol–water partition coefficient (Wildman–Crippen LogP) is 5.42. The van der Waals surface area contributed by atoms with Crippen LogP contribution >= 0.6 is 34.7 Å². The first kappa shape index (κ1) is 12.8. The van der Waals surface area contributed by atoms with Crippen LogP contribution in [0, 0.1) is 0 Å². The molecule has 3 aromatic rings. The number of thiazole rings is 1. The van der Waals surface area contributed by atoms with Gasteiger partial charge in [0.15, 0.2) is 5.13 Å². The van der Waals surface area contributed by atoms with Gasteiger partial charge in [0.05, 0.1) is 15.2 Å². The quantitative estimate of drug-likeness (QED) is 0.654. The van der Waals surface area contributed by atoms with Gasteiger partial charge < -0.3 is 5.32 Å². The molecule has 0 saturated heterocycles. The number of hydrogen-bond acceptors (Lipinski definition) is 4. The first-order valence-electron chi connectivity index (χ1n) is 5.72. The number of rotatable bonds is 3. The Morgan fingerprint density at radius 1 is 1.16 bits per heavy atom. The number of aromatic nitrogens is 1. The molecule has 96 valence electrons.